The Labute approximate surface area is 159 Å². The van der Waals surface area contributed by atoms with Crippen molar-refractivity contribution < 1.29 is 9.18 Å². The summed E-state index contributed by atoms with van der Waals surface area (Å²) in [6.45, 7) is 0. The molecule has 0 radical (unpaired) electrons. The molecular formula is C19H16Cl2FN3O. The van der Waals surface area contributed by atoms with Gasteiger partial charge in [0.25, 0.3) is 0 Å². The maximum Gasteiger partial charge on any atom is 0.228 e. The zero-order chi connectivity index (χ0) is 18.5. The molecule has 2 atom stereocenters. The summed E-state index contributed by atoms with van der Waals surface area (Å²) in [6.07, 6.45) is 4.56. The quantitative estimate of drug-likeness (QED) is 0.470. The number of benzene rings is 1. The van der Waals surface area contributed by atoms with Gasteiger partial charge in [0.1, 0.15) is 5.82 Å². The van der Waals surface area contributed by atoms with Crippen LogP contribution in [0.25, 0.3) is 22.2 Å². The number of carbonyl (C=O) groups is 1. The third-order valence-corrected chi connectivity index (χ3v) is 5.76. The molecule has 0 spiro atoms. The molecule has 1 saturated carbocycles. The van der Waals surface area contributed by atoms with Gasteiger partial charge in [-0.2, -0.15) is 5.10 Å². The van der Waals surface area contributed by atoms with Gasteiger partial charge in [-0.3, -0.25) is 9.48 Å². The van der Waals surface area contributed by atoms with E-state index < -0.39 is 10.7 Å². The molecule has 4 rings (SSSR count). The SMILES string of the molecule is Cn1cc2cc(-c3ccc([C@H]4C[C@]4(CCCl)C(=O)Cl)c(F)c3)cnc2n1. The zero-order valence-corrected chi connectivity index (χ0v) is 15.6. The Morgan fingerprint density at radius 1 is 1.38 bits per heavy atom. The summed E-state index contributed by atoms with van der Waals surface area (Å²) < 4.78 is 16.5. The van der Waals surface area contributed by atoms with Gasteiger partial charge >= 0.3 is 0 Å². The van der Waals surface area contributed by atoms with Gasteiger partial charge in [0.2, 0.25) is 5.24 Å². The second kappa shape index (κ2) is 6.32. The van der Waals surface area contributed by atoms with Gasteiger partial charge in [-0.05, 0) is 47.7 Å². The minimum atomic E-state index is -0.720. The van der Waals surface area contributed by atoms with Crippen molar-refractivity contribution >= 4 is 39.5 Å². The van der Waals surface area contributed by atoms with Crippen molar-refractivity contribution in [2.75, 3.05) is 5.88 Å². The molecule has 2 aromatic heterocycles. The van der Waals surface area contributed by atoms with Crippen LogP contribution >= 0.6 is 23.2 Å². The molecule has 134 valence electrons. The highest BCUT2D eigenvalue weighted by Crippen LogP contribution is 2.63. The molecular weight excluding hydrogens is 376 g/mol. The molecule has 0 aliphatic heterocycles. The number of hydrogen-bond donors (Lipinski definition) is 0. The first-order chi connectivity index (χ1) is 12.4. The van der Waals surface area contributed by atoms with Gasteiger partial charge in [-0.1, -0.05) is 12.1 Å². The van der Waals surface area contributed by atoms with Crippen molar-refractivity contribution in [2.24, 2.45) is 12.5 Å². The van der Waals surface area contributed by atoms with Crippen LogP contribution < -0.4 is 0 Å². The highest BCUT2D eigenvalue weighted by Gasteiger charge is 2.59. The fourth-order valence-corrected chi connectivity index (χ4v) is 4.29. The van der Waals surface area contributed by atoms with E-state index in [1.54, 1.807) is 16.9 Å². The van der Waals surface area contributed by atoms with E-state index in [9.17, 15) is 9.18 Å². The summed E-state index contributed by atoms with van der Waals surface area (Å²) in [5, 5.41) is 4.70. The zero-order valence-electron chi connectivity index (χ0n) is 14.0. The first kappa shape index (κ1) is 17.4. The lowest BCUT2D eigenvalue weighted by Gasteiger charge is -2.12. The molecule has 0 bridgehead atoms. The van der Waals surface area contributed by atoms with E-state index in [1.807, 2.05) is 25.4 Å². The molecule has 0 saturated heterocycles. The van der Waals surface area contributed by atoms with Gasteiger partial charge in [0.15, 0.2) is 5.65 Å². The van der Waals surface area contributed by atoms with Crippen molar-refractivity contribution in [1.29, 1.82) is 0 Å². The second-order valence-corrected chi connectivity index (χ2v) is 7.52. The Morgan fingerprint density at radius 2 is 2.19 bits per heavy atom. The van der Waals surface area contributed by atoms with Crippen molar-refractivity contribution in [3.05, 3.63) is 48.0 Å². The summed E-state index contributed by atoms with van der Waals surface area (Å²) in [6, 6.07) is 7.00. The maximum absolute atomic E-state index is 14.8. The Balaban J connectivity index is 1.66. The van der Waals surface area contributed by atoms with E-state index in [0.29, 0.717) is 29.9 Å². The van der Waals surface area contributed by atoms with Crippen LogP contribution in [0.4, 0.5) is 4.39 Å². The van der Waals surface area contributed by atoms with Crippen molar-refractivity contribution in [2.45, 2.75) is 18.8 Å². The predicted octanol–water partition coefficient (Wildman–Crippen LogP) is 4.64. The fraction of sp³-hybridized carbons (Fsp3) is 0.316. The van der Waals surface area contributed by atoms with Crippen molar-refractivity contribution in [3.8, 4) is 11.1 Å². The third-order valence-electron chi connectivity index (χ3n) is 5.19. The molecule has 26 heavy (non-hydrogen) atoms. The van der Waals surface area contributed by atoms with Gasteiger partial charge in [-0.15, -0.1) is 11.6 Å². The number of aromatic nitrogens is 3. The Bertz CT molecular complexity index is 1020. The molecule has 0 amide bonds. The van der Waals surface area contributed by atoms with Gasteiger partial charge in [0.05, 0.1) is 5.41 Å². The highest BCUT2D eigenvalue weighted by molar-refractivity contribution is 6.65. The number of carbonyl (C=O) groups excluding carboxylic acids is 1. The van der Waals surface area contributed by atoms with Crippen LogP contribution in [0.2, 0.25) is 0 Å². The lowest BCUT2D eigenvalue weighted by atomic mass is 9.95. The van der Waals surface area contributed by atoms with Gasteiger partial charge in [0, 0.05) is 42.2 Å². The third kappa shape index (κ3) is 2.79. The monoisotopic (exact) mass is 391 g/mol. The van der Waals surface area contributed by atoms with Crippen LogP contribution in [0.1, 0.15) is 24.3 Å². The molecule has 1 aliphatic carbocycles. The molecule has 2 heterocycles. The summed E-state index contributed by atoms with van der Waals surface area (Å²) in [4.78, 5) is 16.1. The van der Waals surface area contributed by atoms with Crippen LogP contribution in [0.5, 0.6) is 0 Å². The van der Waals surface area contributed by atoms with Gasteiger partial charge < -0.3 is 0 Å². The fourth-order valence-electron chi connectivity index (χ4n) is 3.65. The van der Waals surface area contributed by atoms with Crippen LogP contribution in [-0.4, -0.2) is 25.9 Å². The summed E-state index contributed by atoms with van der Waals surface area (Å²) >= 11 is 11.6. The largest absolute Gasteiger partial charge is 0.281 e. The minimum absolute atomic E-state index is 0.209. The molecule has 4 nitrogen and oxygen atoms in total. The van der Waals surface area contributed by atoms with E-state index in [-0.39, 0.29) is 11.7 Å². The van der Waals surface area contributed by atoms with E-state index >= 15 is 0 Å². The molecule has 1 aromatic carbocycles. The van der Waals surface area contributed by atoms with Crippen LogP contribution in [0.3, 0.4) is 0 Å². The average molecular weight is 392 g/mol. The Morgan fingerprint density at radius 3 is 2.88 bits per heavy atom. The van der Waals surface area contributed by atoms with Crippen molar-refractivity contribution in [3.63, 3.8) is 0 Å². The summed E-state index contributed by atoms with van der Waals surface area (Å²) in [5.74, 6) is -0.224. The number of hydrogen-bond acceptors (Lipinski definition) is 3. The maximum atomic E-state index is 14.8. The van der Waals surface area contributed by atoms with Crippen LogP contribution in [0, 0.1) is 11.2 Å². The average Bonchev–Trinajstić information content (AvgIpc) is 3.20. The molecule has 1 aliphatic rings. The Kier molecular flexibility index (Phi) is 4.24. The number of nitrogens with zero attached hydrogens (tertiary/aromatic N) is 3. The van der Waals surface area contributed by atoms with Crippen molar-refractivity contribution in [1.82, 2.24) is 14.8 Å². The topological polar surface area (TPSA) is 47.8 Å². The molecule has 0 N–H and O–H groups in total. The van der Waals surface area contributed by atoms with E-state index in [1.165, 1.54) is 6.07 Å². The minimum Gasteiger partial charge on any atom is -0.281 e. The van der Waals surface area contributed by atoms with E-state index in [2.05, 4.69) is 10.1 Å². The van der Waals surface area contributed by atoms with Gasteiger partial charge in [-0.25, -0.2) is 9.37 Å². The predicted molar refractivity (Wildman–Crippen MR) is 99.9 cm³/mol. The summed E-state index contributed by atoms with van der Waals surface area (Å²) in [7, 11) is 1.83. The molecule has 0 unspecified atom stereocenters. The first-order valence-corrected chi connectivity index (χ1v) is 9.21. The molecule has 1 fully saturated rings. The number of rotatable bonds is 5. The number of aryl methyl sites for hydroxylation is 1. The van der Waals surface area contributed by atoms with E-state index in [0.717, 1.165) is 16.5 Å². The lowest BCUT2D eigenvalue weighted by molar-refractivity contribution is -0.116. The number of fused-ring (bicyclic) bond motifs is 1. The molecule has 7 heteroatoms. The highest BCUT2D eigenvalue weighted by atomic mass is 35.5. The normalized spacial score (nSPS) is 21.9. The second-order valence-electron chi connectivity index (χ2n) is 6.80. The lowest BCUT2D eigenvalue weighted by Crippen LogP contribution is -2.13. The number of halogens is 3. The first-order valence-electron chi connectivity index (χ1n) is 8.30. The number of pyridine rings is 1. The standard InChI is InChI=1S/C19H16Cl2FN3O/c1-25-10-13-6-12(9-23-17(13)24-25)11-2-3-14(16(22)7-11)15-8-19(15,4-5-20)18(21)26/h2-3,6-7,9-10,15H,4-5,8H2,1H3/t15-,19+/m1/s1. The Hall–Kier alpha value is -1.98. The van der Waals surface area contributed by atoms with E-state index in [4.69, 9.17) is 23.2 Å². The van der Waals surface area contributed by atoms with Crippen LogP contribution in [-0.2, 0) is 11.8 Å². The summed E-state index contributed by atoms with van der Waals surface area (Å²) in [5.41, 5.74) is 1.99. The van der Waals surface area contributed by atoms with Crippen LogP contribution in [0.15, 0.2) is 36.7 Å². The number of alkyl halides is 1. The smallest absolute Gasteiger partial charge is 0.228 e. The molecule has 3 aromatic rings.